The highest BCUT2D eigenvalue weighted by molar-refractivity contribution is 5.99. The summed E-state index contributed by atoms with van der Waals surface area (Å²) in [6.07, 6.45) is 4.61. The molecule has 0 spiro atoms. The summed E-state index contributed by atoms with van der Waals surface area (Å²) in [5.41, 5.74) is 1.09. The molecule has 0 bridgehead atoms. The minimum Gasteiger partial charge on any atom is -0.494 e. The third-order valence-corrected chi connectivity index (χ3v) is 5.00. The number of rotatable bonds is 11. The van der Waals surface area contributed by atoms with Gasteiger partial charge in [-0.3, -0.25) is 0 Å². The summed E-state index contributed by atoms with van der Waals surface area (Å²) < 4.78 is 5.88. The van der Waals surface area contributed by atoms with Gasteiger partial charge in [-0.25, -0.2) is 9.59 Å². The number of ether oxygens (including phenoxy) is 1. The molecule has 0 aliphatic heterocycles. The first-order valence-electron chi connectivity index (χ1n) is 10.1. The van der Waals surface area contributed by atoms with Crippen molar-refractivity contribution in [2.75, 3.05) is 6.61 Å². The molecular weight excluding hydrogens is 368 g/mol. The van der Waals surface area contributed by atoms with Crippen LogP contribution in [0.5, 0.6) is 5.75 Å². The monoisotopic (exact) mass is 398 g/mol. The molecule has 5 nitrogen and oxygen atoms in total. The zero-order chi connectivity index (χ0) is 21.4. The Kier molecular flexibility index (Phi) is 8.25. The van der Waals surface area contributed by atoms with E-state index in [0.29, 0.717) is 29.4 Å². The van der Waals surface area contributed by atoms with Gasteiger partial charge in [0.05, 0.1) is 17.7 Å². The van der Waals surface area contributed by atoms with Gasteiger partial charge in [-0.1, -0.05) is 52.2 Å². The topological polar surface area (TPSA) is 83.8 Å². The van der Waals surface area contributed by atoms with E-state index in [9.17, 15) is 19.8 Å². The van der Waals surface area contributed by atoms with Crippen molar-refractivity contribution < 1.29 is 24.5 Å². The molecule has 1 atom stereocenters. The Labute approximate surface area is 172 Å². The molecular formula is C24H30O5. The zero-order valence-electron chi connectivity index (χ0n) is 17.4. The number of benzene rings is 2. The van der Waals surface area contributed by atoms with Gasteiger partial charge in [-0.2, -0.15) is 0 Å². The number of carboxylic acid groups (broad SMARTS) is 2. The summed E-state index contributed by atoms with van der Waals surface area (Å²) in [4.78, 5) is 22.8. The summed E-state index contributed by atoms with van der Waals surface area (Å²) in [6.45, 7) is 7.30. The van der Waals surface area contributed by atoms with Crippen molar-refractivity contribution in [1.82, 2.24) is 0 Å². The van der Waals surface area contributed by atoms with Crippen molar-refractivity contribution in [2.24, 2.45) is 11.8 Å². The van der Waals surface area contributed by atoms with Gasteiger partial charge in [-0.05, 0) is 59.7 Å². The van der Waals surface area contributed by atoms with Crippen LogP contribution in [-0.2, 0) is 0 Å². The molecule has 29 heavy (non-hydrogen) atoms. The second kappa shape index (κ2) is 10.6. The van der Waals surface area contributed by atoms with E-state index in [-0.39, 0.29) is 11.1 Å². The molecule has 0 heterocycles. The normalized spacial score (nSPS) is 12.0. The molecule has 0 fully saturated rings. The zero-order valence-corrected chi connectivity index (χ0v) is 17.4. The molecule has 2 N–H and O–H groups in total. The van der Waals surface area contributed by atoms with E-state index in [2.05, 4.69) is 20.8 Å². The standard InChI is InChI=1S/C24H30O5/c1-16(2)6-4-7-17(3)12-13-29-20-9-5-8-18(14-20)22-15-19(23(25)26)10-11-21(22)24(27)28/h5,8-11,14-17H,4,6-7,12-13H2,1-3H3,(H,25,26)(H,27,28). The van der Waals surface area contributed by atoms with E-state index in [1.165, 1.54) is 37.5 Å². The van der Waals surface area contributed by atoms with Crippen LogP contribution in [0.15, 0.2) is 42.5 Å². The fourth-order valence-corrected chi connectivity index (χ4v) is 3.25. The molecule has 0 aromatic heterocycles. The maximum Gasteiger partial charge on any atom is 0.336 e. The second-order valence-electron chi connectivity index (χ2n) is 7.97. The Morgan fingerprint density at radius 1 is 0.931 bits per heavy atom. The van der Waals surface area contributed by atoms with Crippen molar-refractivity contribution in [1.29, 1.82) is 0 Å². The lowest BCUT2D eigenvalue weighted by Crippen LogP contribution is -2.05. The predicted octanol–water partition coefficient (Wildman–Crippen LogP) is 5.98. The van der Waals surface area contributed by atoms with E-state index in [1.54, 1.807) is 18.2 Å². The summed E-state index contributed by atoms with van der Waals surface area (Å²) in [6, 6.07) is 11.2. The van der Waals surface area contributed by atoms with Gasteiger partial charge in [0, 0.05) is 0 Å². The lowest BCUT2D eigenvalue weighted by molar-refractivity contribution is 0.0682. The molecule has 2 aromatic rings. The number of aromatic carboxylic acids is 2. The largest absolute Gasteiger partial charge is 0.494 e. The van der Waals surface area contributed by atoms with Crippen LogP contribution in [0.25, 0.3) is 11.1 Å². The van der Waals surface area contributed by atoms with Crippen LogP contribution in [0.3, 0.4) is 0 Å². The molecule has 1 unspecified atom stereocenters. The van der Waals surface area contributed by atoms with Crippen LogP contribution < -0.4 is 4.74 Å². The molecule has 0 amide bonds. The second-order valence-corrected chi connectivity index (χ2v) is 7.97. The summed E-state index contributed by atoms with van der Waals surface area (Å²) in [5.74, 6) is -0.228. The quantitative estimate of drug-likeness (QED) is 0.486. The fraction of sp³-hybridized carbons (Fsp3) is 0.417. The summed E-state index contributed by atoms with van der Waals surface area (Å²) in [5, 5.41) is 18.7. The minimum atomic E-state index is -1.10. The highest BCUT2D eigenvalue weighted by Gasteiger charge is 2.15. The molecule has 2 aromatic carbocycles. The van der Waals surface area contributed by atoms with Crippen molar-refractivity contribution in [2.45, 2.75) is 46.5 Å². The third kappa shape index (κ3) is 6.93. The van der Waals surface area contributed by atoms with E-state index in [1.807, 2.05) is 6.07 Å². The maximum absolute atomic E-state index is 11.6. The number of hydrogen-bond acceptors (Lipinski definition) is 3. The van der Waals surface area contributed by atoms with Gasteiger partial charge in [0.1, 0.15) is 5.75 Å². The first kappa shape index (κ1) is 22.5. The SMILES string of the molecule is CC(C)CCCC(C)CCOc1cccc(-c2cc(C(=O)O)ccc2C(=O)O)c1. The maximum atomic E-state index is 11.6. The van der Waals surface area contributed by atoms with Crippen LogP contribution in [0, 0.1) is 11.8 Å². The first-order valence-corrected chi connectivity index (χ1v) is 10.1. The highest BCUT2D eigenvalue weighted by Crippen LogP contribution is 2.29. The Bertz CT molecular complexity index is 841. The molecule has 0 aliphatic rings. The van der Waals surface area contributed by atoms with Crippen LogP contribution in [-0.4, -0.2) is 28.8 Å². The van der Waals surface area contributed by atoms with Crippen LogP contribution in [0.2, 0.25) is 0 Å². The molecule has 0 radical (unpaired) electrons. The Hall–Kier alpha value is -2.82. The Balaban J connectivity index is 2.07. The summed E-state index contributed by atoms with van der Waals surface area (Å²) >= 11 is 0. The van der Waals surface area contributed by atoms with Gasteiger partial charge in [0.25, 0.3) is 0 Å². The lowest BCUT2D eigenvalue weighted by Gasteiger charge is -2.14. The molecule has 0 aliphatic carbocycles. The average molecular weight is 398 g/mol. The van der Waals surface area contributed by atoms with E-state index >= 15 is 0 Å². The molecule has 2 rings (SSSR count). The van der Waals surface area contributed by atoms with Crippen molar-refractivity contribution >= 4 is 11.9 Å². The predicted molar refractivity (Wildman–Crippen MR) is 114 cm³/mol. The highest BCUT2D eigenvalue weighted by atomic mass is 16.5. The Morgan fingerprint density at radius 3 is 2.34 bits per heavy atom. The third-order valence-electron chi connectivity index (χ3n) is 5.00. The molecule has 0 saturated heterocycles. The van der Waals surface area contributed by atoms with E-state index in [0.717, 1.165) is 12.3 Å². The smallest absolute Gasteiger partial charge is 0.336 e. The van der Waals surface area contributed by atoms with E-state index in [4.69, 9.17) is 4.74 Å². The van der Waals surface area contributed by atoms with Gasteiger partial charge in [0.15, 0.2) is 0 Å². The molecule has 156 valence electrons. The molecule has 0 saturated carbocycles. The minimum absolute atomic E-state index is 0.0477. The van der Waals surface area contributed by atoms with Crippen molar-refractivity contribution in [3.05, 3.63) is 53.6 Å². The lowest BCUT2D eigenvalue weighted by atomic mass is 9.97. The number of carboxylic acids is 2. The van der Waals surface area contributed by atoms with Crippen molar-refractivity contribution in [3.8, 4) is 16.9 Å². The molecule has 5 heteroatoms. The fourth-order valence-electron chi connectivity index (χ4n) is 3.25. The van der Waals surface area contributed by atoms with E-state index < -0.39 is 11.9 Å². The Morgan fingerprint density at radius 2 is 1.69 bits per heavy atom. The van der Waals surface area contributed by atoms with Gasteiger partial charge in [-0.15, -0.1) is 0 Å². The summed E-state index contributed by atoms with van der Waals surface area (Å²) in [7, 11) is 0. The number of hydrogen-bond donors (Lipinski definition) is 2. The van der Waals surface area contributed by atoms with Crippen LogP contribution in [0.4, 0.5) is 0 Å². The number of carbonyl (C=O) groups is 2. The van der Waals surface area contributed by atoms with Gasteiger partial charge >= 0.3 is 11.9 Å². The first-order chi connectivity index (χ1) is 13.8. The average Bonchev–Trinajstić information content (AvgIpc) is 2.67. The van der Waals surface area contributed by atoms with Gasteiger partial charge < -0.3 is 14.9 Å². The van der Waals surface area contributed by atoms with Crippen LogP contribution >= 0.6 is 0 Å². The van der Waals surface area contributed by atoms with Gasteiger partial charge in [0.2, 0.25) is 0 Å². The van der Waals surface area contributed by atoms with Crippen LogP contribution in [0.1, 0.15) is 67.2 Å². The van der Waals surface area contributed by atoms with Crippen molar-refractivity contribution in [3.63, 3.8) is 0 Å².